The Kier molecular flexibility index (Phi) is 6.61. The molecule has 6 heteroatoms. The predicted octanol–water partition coefficient (Wildman–Crippen LogP) is 2.66. The first-order valence-corrected chi connectivity index (χ1v) is 8.20. The van der Waals surface area contributed by atoms with Gasteiger partial charge in [0.2, 0.25) is 0 Å². The molecule has 0 aromatic heterocycles. The van der Waals surface area contributed by atoms with E-state index in [1.807, 2.05) is 44.2 Å². The van der Waals surface area contributed by atoms with Crippen LogP contribution in [0.15, 0.2) is 30.3 Å². The number of hydrogen-bond donors (Lipinski definition) is 1. The van der Waals surface area contributed by atoms with Crippen LogP contribution < -0.4 is 5.32 Å². The van der Waals surface area contributed by atoms with Gasteiger partial charge in [0, 0.05) is 0 Å². The molecule has 1 aromatic rings. The fraction of sp³-hybridized carbons (Fsp3) is 0.556. The number of benzene rings is 1. The number of amides is 1. The van der Waals surface area contributed by atoms with Crippen molar-refractivity contribution in [2.24, 2.45) is 5.92 Å². The SMILES string of the molecule is COC(=O)N[C@H](C(=O)OCc1ccccc1)C1C[C@@H](C)O[C@@H](C)C1. The number of alkyl carbamates (subject to hydrolysis) is 1. The van der Waals surface area contributed by atoms with Crippen molar-refractivity contribution in [3.63, 3.8) is 0 Å². The maximum atomic E-state index is 12.5. The first-order chi connectivity index (χ1) is 11.5. The van der Waals surface area contributed by atoms with Crippen molar-refractivity contribution in [1.29, 1.82) is 0 Å². The quantitative estimate of drug-likeness (QED) is 0.838. The molecule has 1 amide bonds. The van der Waals surface area contributed by atoms with Crippen molar-refractivity contribution in [1.82, 2.24) is 5.32 Å². The maximum Gasteiger partial charge on any atom is 0.407 e. The molecule has 0 radical (unpaired) electrons. The number of hydrogen-bond acceptors (Lipinski definition) is 5. The fourth-order valence-corrected chi connectivity index (χ4v) is 3.10. The Morgan fingerprint density at radius 2 is 1.83 bits per heavy atom. The van der Waals surface area contributed by atoms with Crippen LogP contribution in [-0.4, -0.2) is 37.4 Å². The minimum absolute atomic E-state index is 0.0302. The minimum Gasteiger partial charge on any atom is -0.459 e. The summed E-state index contributed by atoms with van der Waals surface area (Å²) in [6.45, 7) is 4.10. The van der Waals surface area contributed by atoms with Crippen molar-refractivity contribution in [2.75, 3.05) is 7.11 Å². The van der Waals surface area contributed by atoms with E-state index in [9.17, 15) is 9.59 Å². The molecule has 1 unspecified atom stereocenters. The summed E-state index contributed by atoms with van der Waals surface area (Å²) in [5, 5.41) is 2.62. The van der Waals surface area contributed by atoms with Gasteiger partial charge >= 0.3 is 12.1 Å². The number of methoxy groups -OCH3 is 1. The highest BCUT2D eigenvalue weighted by Gasteiger charge is 2.36. The molecule has 0 spiro atoms. The van der Waals surface area contributed by atoms with E-state index in [-0.39, 0.29) is 24.7 Å². The second-order valence-electron chi connectivity index (χ2n) is 6.20. The fourth-order valence-electron chi connectivity index (χ4n) is 3.10. The lowest BCUT2D eigenvalue weighted by atomic mass is 9.86. The van der Waals surface area contributed by atoms with E-state index in [0.29, 0.717) is 12.8 Å². The van der Waals surface area contributed by atoms with Gasteiger partial charge in [-0.3, -0.25) is 0 Å². The van der Waals surface area contributed by atoms with Crippen LogP contribution in [0.25, 0.3) is 0 Å². The van der Waals surface area contributed by atoms with Crippen molar-refractivity contribution in [3.8, 4) is 0 Å². The Bertz CT molecular complexity index is 538. The van der Waals surface area contributed by atoms with E-state index in [1.54, 1.807) is 0 Å². The molecule has 0 saturated carbocycles. The van der Waals surface area contributed by atoms with Crippen LogP contribution in [0.1, 0.15) is 32.3 Å². The van der Waals surface area contributed by atoms with Crippen LogP contribution in [0, 0.1) is 5.92 Å². The van der Waals surface area contributed by atoms with Crippen LogP contribution in [0.2, 0.25) is 0 Å². The first-order valence-electron chi connectivity index (χ1n) is 8.20. The molecule has 1 aliphatic rings. The van der Waals surface area contributed by atoms with Crippen LogP contribution in [0.4, 0.5) is 4.79 Å². The molecule has 0 aliphatic carbocycles. The highest BCUT2D eigenvalue weighted by molar-refractivity contribution is 5.81. The van der Waals surface area contributed by atoms with E-state index < -0.39 is 18.1 Å². The van der Waals surface area contributed by atoms with Gasteiger partial charge in [-0.2, -0.15) is 0 Å². The highest BCUT2D eigenvalue weighted by Crippen LogP contribution is 2.28. The zero-order chi connectivity index (χ0) is 17.5. The minimum atomic E-state index is -0.741. The number of nitrogens with one attached hydrogen (secondary N) is 1. The van der Waals surface area contributed by atoms with Crippen LogP contribution in [0.3, 0.4) is 0 Å². The van der Waals surface area contributed by atoms with Gasteiger partial charge in [-0.25, -0.2) is 9.59 Å². The van der Waals surface area contributed by atoms with Gasteiger partial charge in [-0.15, -0.1) is 0 Å². The van der Waals surface area contributed by atoms with Gasteiger partial charge in [0.1, 0.15) is 12.6 Å². The van der Waals surface area contributed by atoms with Crippen LogP contribution in [-0.2, 0) is 25.6 Å². The number of esters is 1. The zero-order valence-electron chi connectivity index (χ0n) is 14.4. The molecule has 1 N–H and O–H groups in total. The third-order valence-electron chi connectivity index (χ3n) is 4.14. The highest BCUT2D eigenvalue weighted by atomic mass is 16.5. The monoisotopic (exact) mass is 335 g/mol. The Morgan fingerprint density at radius 3 is 2.42 bits per heavy atom. The summed E-state index contributed by atoms with van der Waals surface area (Å²) >= 11 is 0. The summed E-state index contributed by atoms with van der Waals surface area (Å²) in [5.41, 5.74) is 0.899. The summed E-state index contributed by atoms with van der Waals surface area (Å²) in [5.74, 6) is -0.498. The number of carbonyl (C=O) groups is 2. The molecule has 0 bridgehead atoms. The number of rotatable bonds is 5. The lowest BCUT2D eigenvalue weighted by Gasteiger charge is -2.35. The Balaban J connectivity index is 2.03. The molecule has 4 atom stereocenters. The zero-order valence-corrected chi connectivity index (χ0v) is 14.4. The van der Waals surface area contributed by atoms with E-state index in [1.165, 1.54) is 7.11 Å². The Morgan fingerprint density at radius 1 is 1.21 bits per heavy atom. The normalized spacial score (nSPS) is 24.7. The molecule has 132 valence electrons. The molecule has 1 fully saturated rings. The Labute approximate surface area is 142 Å². The van der Waals surface area contributed by atoms with Gasteiger partial charge in [0.05, 0.1) is 19.3 Å². The molecule has 6 nitrogen and oxygen atoms in total. The predicted molar refractivity (Wildman–Crippen MR) is 88.3 cm³/mol. The average Bonchev–Trinajstić information content (AvgIpc) is 2.57. The molecular weight excluding hydrogens is 310 g/mol. The second-order valence-corrected chi connectivity index (χ2v) is 6.20. The van der Waals surface area contributed by atoms with Gasteiger partial charge < -0.3 is 19.5 Å². The summed E-state index contributed by atoms with van der Waals surface area (Å²) < 4.78 is 15.8. The van der Waals surface area contributed by atoms with E-state index in [2.05, 4.69) is 10.1 Å². The first kappa shape index (κ1) is 18.3. The summed E-state index contributed by atoms with van der Waals surface area (Å²) in [6.07, 6.45) is 0.785. The van der Waals surface area contributed by atoms with Crippen molar-refractivity contribution in [2.45, 2.75) is 51.5 Å². The third kappa shape index (κ3) is 5.23. The van der Waals surface area contributed by atoms with Gasteiger partial charge in [-0.1, -0.05) is 30.3 Å². The third-order valence-corrected chi connectivity index (χ3v) is 4.14. The molecule has 24 heavy (non-hydrogen) atoms. The number of carbonyl (C=O) groups excluding carboxylic acids is 2. The molecule has 1 aromatic carbocycles. The lowest BCUT2D eigenvalue weighted by molar-refractivity contribution is -0.151. The molecule has 2 rings (SSSR count). The Hall–Kier alpha value is -2.08. The van der Waals surface area contributed by atoms with E-state index in [4.69, 9.17) is 9.47 Å². The van der Waals surface area contributed by atoms with Crippen molar-refractivity contribution >= 4 is 12.1 Å². The van der Waals surface area contributed by atoms with Crippen molar-refractivity contribution < 1.29 is 23.8 Å². The number of ether oxygens (including phenoxy) is 3. The summed E-state index contributed by atoms with van der Waals surface area (Å²) in [7, 11) is 1.27. The van der Waals surface area contributed by atoms with E-state index >= 15 is 0 Å². The van der Waals surface area contributed by atoms with Crippen LogP contribution >= 0.6 is 0 Å². The topological polar surface area (TPSA) is 73.9 Å². The second kappa shape index (κ2) is 8.68. The molecule has 1 saturated heterocycles. The van der Waals surface area contributed by atoms with Crippen LogP contribution in [0.5, 0.6) is 0 Å². The summed E-state index contributed by atoms with van der Waals surface area (Å²) in [6, 6.07) is 8.70. The maximum absolute atomic E-state index is 12.5. The average molecular weight is 335 g/mol. The van der Waals surface area contributed by atoms with Crippen molar-refractivity contribution in [3.05, 3.63) is 35.9 Å². The van der Waals surface area contributed by atoms with E-state index in [0.717, 1.165) is 5.56 Å². The van der Waals surface area contributed by atoms with Gasteiger partial charge in [0.25, 0.3) is 0 Å². The molecular formula is C18H25NO5. The van der Waals surface area contributed by atoms with Gasteiger partial charge in [0.15, 0.2) is 0 Å². The largest absolute Gasteiger partial charge is 0.459 e. The van der Waals surface area contributed by atoms with Gasteiger partial charge in [-0.05, 0) is 38.2 Å². The smallest absolute Gasteiger partial charge is 0.407 e. The standard InChI is InChI=1S/C18H25NO5/c1-12-9-15(10-13(2)24-12)16(19-18(21)22-3)17(20)23-11-14-7-5-4-6-8-14/h4-8,12-13,15-16H,9-11H2,1-3H3,(H,19,21)/t12-,13+,15?,16-/m0/s1. The lowest BCUT2D eigenvalue weighted by Crippen LogP contribution is -2.50. The molecule has 1 aliphatic heterocycles. The summed E-state index contributed by atoms with van der Waals surface area (Å²) in [4.78, 5) is 24.2. The molecule has 1 heterocycles.